The third-order valence-corrected chi connectivity index (χ3v) is 4.10. The number of nitrogens with zero attached hydrogens (tertiary/aromatic N) is 1. The first kappa shape index (κ1) is 17.7. The number of morpholine rings is 1. The number of para-hydroxylation sites is 2. The van der Waals surface area contributed by atoms with Gasteiger partial charge in [0.15, 0.2) is 0 Å². The van der Waals surface area contributed by atoms with Gasteiger partial charge in [0.2, 0.25) is 0 Å². The number of hydrogen-bond donors (Lipinski definition) is 2. The molecule has 0 unspecified atom stereocenters. The first-order valence-corrected chi connectivity index (χ1v) is 8.38. The number of carbonyl (C=O) groups excluding carboxylic acids is 1. The third kappa shape index (κ3) is 4.29. The van der Waals surface area contributed by atoms with Crippen LogP contribution in [0.3, 0.4) is 0 Å². The first-order chi connectivity index (χ1) is 12.6. The molecule has 1 aliphatic heterocycles. The third-order valence-electron chi connectivity index (χ3n) is 4.10. The van der Waals surface area contributed by atoms with Crippen LogP contribution in [0.5, 0.6) is 0 Å². The van der Waals surface area contributed by atoms with Crippen molar-refractivity contribution < 1.29 is 19.4 Å². The molecule has 134 valence electrons. The van der Waals surface area contributed by atoms with E-state index in [0.717, 1.165) is 24.9 Å². The van der Waals surface area contributed by atoms with Crippen molar-refractivity contribution in [2.75, 3.05) is 36.5 Å². The van der Waals surface area contributed by atoms with Crippen LogP contribution in [0.2, 0.25) is 0 Å². The lowest BCUT2D eigenvalue weighted by molar-refractivity contribution is -0.131. The van der Waals surface area contributed by atoms with Crippen LogP contribution in [0, 0.1) is 0 Å². The van der Waals surface area contributed by atoms with Crippen LogP contribution >= 0.6 is 0 Å². The number of anilines is 2. The molecular formula is C20H20N2O4. The molecule has 0 saturated carbocycles. The molecule has 0 aliphatic carbocycles. The van der Waals surface area contributed by atoms with Crippen LogP contribution in [0.4, 0.5) is 11.4 Å². The van der Waals surface area contributed by atoms with Crippen molar-refractivity contribution in [2.24, 2.45) is 0 Å². The fourth-order valence-corrected chi connectivity index (χ4v) is 2.87. The highest BCUT2D eigenvalue weighted by atomic mass is 16.5. The Morgan fingerprint density at radius 3 is 2.35 bits per heavy atom. The van der Waals surface area contributed by atoms with Crippen molar-refractivity contribution in [3.63, 3.8) is 0 Å². The van der Waals surface area contributed by atoms with E-state index in [9.17, 15) is 9.59 Å². The smallest absolute Gasteiger partial charge is 0.329 e. The van der Waals surface area contributed by atoms with E-state index in [1.807, 2.05) is 30.3 Å². The monoisotopic (exact) mass is 352 g/mol. The first-order valence-electron chi connectivity index (χ1n) is 8.38. The van der Waals surface area contributed by atoms with Crippen molar-refractivity contribution in [1.82, 2.24) is 0 Å². The van der Waals surface area contributed by atoms with Crippen molar-refractivity contribution >= 4 is 28.8 Å². The van der Waals surface area contributed by atoms with Gasteiger partial charge in [-0.25, -0.2) is 4.79 Å². The lowest BCUT2D eigenvalue weighted by atomic mass is 10.0. The Morgan fingerprint density at radius 1 is 1.00 bits per heavy atom. The van der Waals surface area contributed by atoms with E-state index >= 15 is 0 Å². The molecule has 2 aromatic carbocycles. The van der Waals surface area contributed by atoms with Crippen LogP contribution in [0.25, 0.3) is 5.57 Å². The number of carbonyl (C=O) groups is 2. The summed E-state index contributed by atoms with van der Waals surface area (Å²) >= 11 is 0. The summed E-state index contributed by atoms with van der Waals surface area (Å²) in [5.41, 5.74) is 2.20. The lowest BCUT2D eigenvalue weighted by Gasteiger charge is -2.30. The molecular weight excluding hydrogens is 332 g/mol. The summed E-state index contributed by atoms with van der Waals surface area (Å²) in [6.45, 7) is 2.75. The molecule has 26 heavy (non-hydrogen) atoms. The summed E-state index contributed by atoms with van der Waals surface area (Å²) in [6, 6.07) is 16.3. The van der Waals surface area contributed by atoms with Gasteiger partial charge in [-0.2, -0.15) is 0 Å². The van der Waals surface area contributed by atoms with E-state index < -0.39 is 11.9 Å². The summed E-state index contributed by atoms with van der Waals surface area (Å²) in [5.74, 6) is -1.63. The summed E-state index contributed by atoms with van der Waals surface area (Å²) in [5, 5.41) is 12.0. The van der Waals surface area contributed by atoms with Crippen LogP contribution < -0.4 is 10.2 Å². The second kappa shape index (κ2) is 8.31. The summed E-state index contributed by atoms with van der Waals surface area (Å²) < 4.78 is 5.38. The Hall–Kier alpha value is -3.12. The van der Waals surface area contributed by atoms with Gasteiger partial charge in [-0.1, -0.05) is 42.5 Å². The quantitative estimate of drug-likeness (QED) is 0.809. The molecule has 6 nitrogen and oxygen atoms in total. The molecule has 0 bridgehead atoms. The van der Waals surface area contributed by atoms with E-state index in [-0.39, 0.29) is 5.57 Å². The van der Waals surface area contributed by atoms with Crippen molar-refractivity contribution in [1.29, 1.82) is 0 Å². The lowest BCUT2D eigenvalue weighted by Crippen LogP contribution is -2.36. The minimum Gasteiger partial charge on any atom is -0.478 e. The summed E-state index contributed by atoms with van der Waals surface area (Å²) in [6.07, 6.45) is 0.933. The van der Waals surface area contributed by atoms with E-state index in [4.69, 9.17) is 9.84 Å². The molecule has 3 rings (SSSR count). The number of amides is 1. The predicted molar refractivity (Wildman–Crippen MR) is 100 cm³/mol. The fourth-order valence-electron chi connectivity index (χ4n) is 2.87. The van der Waals surface area contributed by atoms with E-state index in [1.54, 1.807) is 24.3 Å². The molecule has 6 heteroatoms. The number of rotatable bonds is 5. The molecule has 1 fully saturated rings. The van der Waals surface area contributed by atoms with Gasteiger partial charge in [0.25, 0.3) is 5.91 Å². The second-order valence-corrected chi connectivity index (χ2v) is 5.83. The minimum atomic E-state index is -1.17. The van der Waals surface area contributed by atoms with Crippen molar-refractivity contribution in [2.45, 2.75) is 0 Å². The van der Waals surface area contributed by atoms with Gasteiger partial charge in [-0.3, -0.25) is 4.79 Å². The molecule has 1 saturated heterocycles. The number of hydrogen-bond acceptors (Lipinski definition) is 4. The molecule has 2 N–H and O–H groups in total. The van der Waals surface area contributed by atoms with Gasteiger partial charge in [-0.15, -0.1) is 0 Å². The summed E-state index contributed by atoms with van der Waals surface area (Å²) in [4.78, 5) is 26.1. The highest BCUT2D eigenvalue weighted by molar-refractivity contribution is 6.28. The number of nitrogens with one attached hydrogen (secondary N) is 1. The number of ether oxygens (including phenoxy) is 1. The number of benzene rings is 2. The minimum absolute atomic E-state index is 0.106. The second-order valence-electron chi connectivity index (χ2n) is 5.83. The molecule has 2 aromatic rings. The Bertz CT molecular complexity index is 812. The summed E-state index contributed by atoms with van der Waals surface area (Å²) in [7, 11) is 0. The highest BCUT2D eigenvalue weighted by Gasteiger charge is 2.18. The zero-order chi connectivity index (χ0) is 18.4. The average molecular weight is 352 g/mol. The SMILES string of the molecule is O=C(O)/C=C(/C(=O)Nc1ccccc1N1CCOCC1)c1ccccc1. The molecule has 1 amide bonds. The molecule has 0 atom stereocenters. The number of aliphatic carboxylic acids is 1. The molecule has 0 aromatic heterocycles. The molecule has 1 heterocycles. The van der Waals surface area contributed by atoms with Gasteiger partial charge in [0, 0.05) is 19.2 Å². The Morgan fingerprint density at radius 2 is 1.65 bits per heavy atom. The normalized spacial score (nSPS) is 14.8. The molecule has 0 radical (unpaired) electrons. The van der Waals surface area contributed by atoms with Crippen molar-refractivity contribution in [3.05, 3.63) is 66.2 Å². The van der Waals surface area contributed by atoms with E-state index in [2.05, 4.69) is 10.2 Å². The maximum absolute atomic E-state index is 12.8. The van der Waals surface area contributed by atoms with Gasteiger partial charge in [0.1, 0.15) is 0 Å². The Labute approximate surface area is 151 Å². The van der Waals surface area contributed by atoms with Crippen molar-refractivity contribution in [3.8, 4) is 0 Å². The zero-order valence-corrected chi connectivity index (χ0v) is 14.2. The number of carboxylic acid groups (broad SMARTS) is 1. The average Bonchev–Trinajstić information content (AvgIpc) is 2.68. The maximum atomic E-state index is 12.8. The topological polar surface area (TPSA) is 78.9 Å². The Balaban J connectivity index is 1.87. The van der Waals surface area contributed by atoms with Crippen LogP contribution in [0.1, 0.15) is 5.56 Å². The van der Waals surface area contributed by atoms with Gasteiger partial charge >= 0.3 is 5.97 Å². The maximum Gasteiger partial charge on any atom is 0.329 e. The largest absolute Gasteiger partial charge is 0.478 e. The predicted octanol–water partition coefficient (Wildman–Crippen LogP) is 2.63. The van der Waals surface area contributed by atoms with Crippen LogP contribution in [0.15, 0.2) is 60.7 Å². The molecule has 0 spiro atoms. The van der Waals surface area contributed by atoms with Gasteiger partial charge < -0.3 is 20.1 Å². The molecule has 1 aliphatic rings. The Kier molecular flexibility index (Phi) is 5.66. The van der Waals surface area contributed by atoms with Crippen LogP contribution in [-0.4, -0.2) is 43.3 Å². The standard InChI is InChI=1S/C20H20N2O4/c23-19(24)14-16(15-6-2-1-3-7-15)20(25)21-17-8-4-5-9-18(17)22-10-12-26-13-11-22/h1-9,14H,10-13H2,(H,21,25)(H,23,24)/b16-14+. The fraction of sp³-hybridized carbons (Fsp3) is 0.200. The van der Waals surface area contributed by atoms with Crippen LogP contribution in [-0.2, 0) is 14.3 Å². The van der Waals surface area contributed by atoms with Gasteiger partial charge in [0.05, 0.1) is 30.2 Å². The zero-order valence-electron chi connectivity index (χ0n) is 14.2. The number of carboxylic acids is 1. The van der Waals surface area contributed by atoms with E-state index in [0.29, 0.717) is 24.5 Å². The van der Waals surface area contributed by atoms with E-state index in [1.165, 1.54) is 0 Å². The highest BCUT2D eigenvalue weighted by Crippen LogP contribution is 2.27. The van der Waals surface area contributed by atoms with Gasteiger partial charge in [-0.05, 0) is 17.7 Å².